The van der Waals surface area contributed by atoms with Crippen molar-refractivity contribution in [3.63, 3.8) is 0 Å². The average Bonchev–Trinajstić information content (AvgIpc) is 2.28. The van der Waals surface area contributed by atoms with E-state index in [2.05, 4.69) is 43.4 Å². The maximum Gasteiger partial charge on any atom is 0.158 e. The normalized spacial score (nSPS) is 20.0. The first-order valence-corrected chi connectivity index (χ1v) is 6.23. The van der Waals surface area contributed by atoms with Crippen LogP contribution in [0.4, 0.5) is 0 Å². The molecule has 0 aromatic heterocycles. The maximum atomic E-state index is 11.7. The minimum absolute atomic E-state index is 0.235. The van der Waals surface area contributed by atoms with Gasteiger partial charge in [0.05, 0.1) is 0 Å². The van der Waals surface area contributed by atoms with E-state index in [1.165, 1.54) is 11.1 Å². The summed E-state index contributed by atoms with van der Waals surface area (Å²) in [6.07, 6.45) is 3.34. The molecule has 1 aliphatic carbocycles. The van der Waals surface area contributed by atoms with Crippen LogP contribution >= 0.6 is 0 Å². The summed E-state index contributed by atoms with van der Waals surface area (Å²) in [7, 11) is 0. The van der Waals surface area contributed by atoms with Crippen molar-refractivity contribution in [1.29, 1.82) is 0 Å². The molecule has 0 aliphatic heterocycles. The zero-order chi connectivity index (χ0) is 12.3. The third-order valence-corrected chi connectivity index (χ3v) is 3.17. The Hall–Kier alpha value is -1.57. The summed E-state index contributed by atoms with van der Waals surface area (Å²) in [5.74, 6) is 0.570. The first-order valence-electron chi connectivity index (χ1n) is 6.23. The predicted molar refractivity (Wildman–Crippen MR) is 69.9 cm³/mol. The molecule has 17 heavy (non-hydrogen) atoms. The number of allylic oxidation sites excluding steroid dienone is 2. The van der Waals surface area contributed by atoms with Crippen LogP contribution in [0.2, 0.25) is 0 Å². The Balaban J connectivity index is 2.18. The van der Waals surface area contributed by atoms with Crippen molar-refractivity contribution in [2.75, 3.05) is 6.54 Å². The zero-order valence-corrected chi connectivity index (χ0v) is 10.5. The van der Waals surface area contributed by atoms with E-state index in [0.717, 1.165) is 18.7 Å². The molecule has 0 amide bonds. The fourth-order valence-corrected chi connectivity index (χ4v) is 2.40. The standard InChI is InChI=1S/C15H19NO/c1-3-16-14-8-13(9-15(17)10-14)12-6-4-5-11(2)7-12/h4-7,10,13,16H,3,8-9H2,1-2H3/t13-/m1/s1. The Morgan fingerprint density at radius 2 is 2.18 bits per heavy atom. The van der Waals surface area contributed by atoms with Crippen molar-refractivity contribution < 1.29 is 4.79 Å². The van der Waals surface area contributed by atoms with E-state index in [0.29, 0.717) is 12.3 Å². The maximum absolute atomic E-state index is 11.7. The molecular weight excluding hydrogens is 210 g/mol. The minimum atomic E-state index is 0.235. The summed E-state index contributed by atoms with van der Waals surface area (Å²) in [6.45, 7) is 5.02. The molecule has 1 aliphatic rings. The van der Waals surface area contributed by atoms with Crippen LogP contribution in [0.15, 0.2) is 36.0 Å². The topological polar surface area (TPSA) is 29.1 Å². The van der Waals surface area contributed by atoms with E-state index in [-0.39, 0.29) is 5.78 Å². The van der Waals surface area contributed by atoms with Gasteiger partial charge in [-0.15, -0.1) is 0 Å². The Labute approximate surface area is 103 Å². The molecule has 0 unspecified atom stereocenters. The molecule has 2 rings (SSSR count). The van der Waals surface area contributed by atoms with E-state index < -0.39 is 0 Å². The van der Waals surface area contributed by atoms with Crippen LogP contribution in [0, 0.1) is 6.92 Å². The van der Waals surface area contributed by atoms with Gasteiger partial charge >= 0.3 is 0 Å². The highest BCUT2D eigenvalue weighted by Crippen LogP contribution is 2.30. The number of carbonyl (C=O) groups is 1. The van der Waals surface area contributed by atoms with Crippen LogP contribution < -0.4 is 5.32 Å². The van der Waals surface area contributed by atoms with Gasteiger partial charge in [0.1, 0.15) is 0 Å². The van der Waals surface area contributed by atoms with Gasteiger partial charge < -0.3 is 5.32 Å². The second-order valence-corrected chi connectivity index (χ2v) is 4.69. The Morgan fingerprint density at radius 3 is 2.88 bits per heavy atom. The van der Waals surface area contributed by atoms with Gasteiger partial charge in [-0.05, 0) is 31.7 Å². The summed E-state index contributed by atoms with van der Waals surface area (Å²) in [5.41, 5.74) is 3.62. The number of carbonyl (C=O) groups excluding carboxylic acids is 1. The quantitative estimate of drug-likeness (QED) is 0.863. The van der Waals surface area contributed by atoms with Crippen molar-refractivity contribution >= 4 is 5.78 Å². The zero-order valence-electron chi connectivity index (χ0n) is 10.5. The van der Waals surface area contributed by atoms with E-state index in [1.54, 1.807) is 6.08 Å². The molecule has 0 saturated carbocycles. The van der Waals surface area contributed by atoms with Gasteiger partial charge in [-0.25, -0.2) is 0 Å². The monoisotopic (exact) mass is 229 g/mol. The summed E-state index contributed by atoms with van der Waals surface area (Å²) >= 11 is 0. The summed E-state index contributed by atoms with van der Waals surface area (Å²) in [5, 5.41) is 3.27. The van der Waals surface area contributed by atoms with E-state index in [9.17, 15) is 4.79 Å². The fourth-order valence-electron chi connectivity index (χ4n) is 2.40. The highest BCUT2D eigenvalue weighted by Gasteiger charge is 2.21. The second-order valence-electron chi connectivity index (χ2n) is 4.69. The van der Waals surface area contributed by atoms with Gasteiger partial charge in [0, 0.05) is 24.7 Å². The van der Waals surface area contributed by atoms with Crippen LogP contribution in [-0.2, 0) is 4.79 Å². The highest BCUT2D eigenvalue weighted by atomic mass is 16.1. The Bertz CT molecular complexity index is 448. The molecule has 2 heteroatoms. The lowest BCUT2D eigenvalue weighted by Gasteiger charge is -2.23. The first-order chi connectivity index (χ1) is 8.19. The fraction of sp³-hybridized carbons (Fsp3) is 0.400. The van der Waals surface area contributed by atoms with Gasteiger partial charge in [0.25, 0.3) is 0 Å². The van der Waals surface area contributed by atoms with Crippen LogP contribution in [0.5, 0.6) is 0 Å². The lowest BCUT2D eigenvalue weighted by Crippen LogP contribution is -2.21. The van der Waals surface area contributed by atoms with E-state index in [4.69, 9.17) is 0 Å². The molecule has 1 aromatic carbocycles. The van der Waals surface area contributed by atoms with Crippen molar-refractivity contribution in [2.24, 2.45) is 0 Å². The summed E-state index contributed by atoms with van der Waals surface area (Å²) in [4.78, 5) is 11.7. The number of ketones is 1. The molecule has 2 nitrogen and oxygen atoms in total. The summed E-state index contributed by atoms with van der Waals surface area (Å²) in [6, 6.07) is 8.47. The lowest BCUT2D eigenvalue weighted by atomic mass is 9.85. The van der Waals surface area contributed by atoms with E-state index in [1.807, 2.05) is 0 Å². The van der Waals surface area contributed by atoms with Crippen molar-refractivity contribution in [1.82, 2.24) is 5.32 Å². The average molecular weight is 229 g/mol. The SMILES string of the molecule is CCNC1=CC(=O)C[C@H](c2cccc(C)c2)C1. The lowest BCUT2D eigenvalue weighted by molar-refractivity contribution is -0.115. The predicted octanol–water partition coefficient (Wildman–Crippen LogP) is 2.93. The van der Waals surface area contributed by atoms with Crippen molar-refractivity contribution in [2.45, 2.75) is 32.6 Å². The van der Waals surface area contributed by atoms with Crippen LogP contribution in [0.1, 0.15) is 36.8 Å². The van der Waals surface area contributed by atoms with Crippen LogP contribution in [-0.4, -0.2) is 12.3 Å². The van der Waals surface area contributed by atoms with Crippen LogP contribution in [0.25, 0.3) is 0 Å². The van der Waals surface area contributed by atoms with E-state index >= 15 is 0 Å². The van der Waals surface area contributed by atoms with Crippen molar-refractivity contribution in [3.05, 3.63) is 47.2 Å². The first kappa shape index (κ1) is 11.9. The summed E-state index contributed by atoms with van der Waals surface area (Å²) < 4.78 is 0. The molecule has 1 atom stereocenters. The van der Waals surface area contributed by atoms with Gasteiger partial charge in [-0.2, -0.15) is 0 Å². The third kappa shape index (κ3) is 2.96. The number of hydrogen-bond donors (Lipinski definition) is 1. The molecule has 0 heterocycles. The van der Waals surface area contributed by atoms with Gasteiger partial charge in [-0.1, -0.05) is 29.8 Å². The molecule has 1 N–H and O–H groups in total. The van der Waals surface area contributed by atoms with Crippen molar-refractivity contribution in [3.8, 4) is 0 Å². The van der Waals surface area contributed by atoms with Gasteiger partial charge in [0.15, 0.2) is 5.78 Å². The van der Waals surface area contributed by atoms with Gasteiger partial charge in [0.2, 0.25) is 0 Å². The number of rotatable bonds is 3. The molecule has 0 spiro atoms. The molecule has 0 saturated heterocycles. The molecule has 0 bridgehead atoms. The number of nitrogens with one attached hydrogen (secondary N) is 1. The molecule has 1 aromatic rings. The number of aryl methyl sites for hydroxylation is 1. The molecule has 0 radical (unpaired) electrons. The minimum Gasteiger partial charge on any atom is -0.389 e. The Kier molecular flexibility index (Phi) is 3.62. The molecule has 90 valence electrons. The smallest absolute Gasteiger partial charge is 0.158 e. The largest absolute Gasteiger partial charge is 0.389 e. The highest BCUT2D eigenvalue weighted by molar-refractivity contribution is 5.91. The number of hydrogen-bond acceptors (Lipinski definition) is 2. The third-order valence-electron chi connectivity index (χ3n) is 3.17. The molecular formula is C15H19NO. The number of benzene rings is 1. The molecule has 0 fully saturated rings. The van der Waals surface area contributed by atoms with Crippen LogP contribution in [0.3, 0.4) is 0 Å². The Morgan fingerprint density at radius 1 is 1.35 bits per heavy atom. The van der Waals surface area contributed by atoms with Gasteiger partial charge in [-0.3, -0.25) is 4.79 Å². The second kappa shape index (κ2) is 5.17.